The lowest BCUT2D eigenvalue weighted by Gasteiger charge is -2.38. The van der Waals surface area contributed by atoms with Crippen molar-refractivity contribution in [2.24, 2.45) is 0 Å². The summed E-state index contributed by atoms with van der Waals surface area (Å²) in [4.78, 5) is 16.8. The van der Waals surface area contributed by atoms with E-state index in [2.05, 4.69) is 18.7 Å². The van der Waals surface area contributed by atoms with E-state index in [1.807, 2.05) is 30.0 Å². The third kappa shape index (κ3) is 4.64. The van der Waals surface area contributed by atoms with Crippen LogP contribution in [0.25, 0.3) is 0 Å². The Bertz CT molecular complexity index is 617. The molecule has 1 aromatic rings. The molecule has 0 N–H and O–H groups in total. The summed E-state index contributed by atoms with van der Waals surface area (Å²) in [6, 6.07) is 5.90. The van der Waals surface area contributed by atoms with Gasteiger partial charge in [-0.2, -0.15) is 0 Å². The molecule has 0 atom stereocenters. The minimum atomic E-state index is -0.189. The van der Waals surface area contributed by atoms with Crippen molar-refractivity contribution in [3.05, 3.63) is 23.8 Å². The van der Waals surface area contributed by atoms with Crippen LogP contribution in [0.5, 0.6) is 11.5 Å². The zero-order valence-corrected chi connectivity index (χ0v) is 15.4. The summed E-state index contributed by atoms with van der Waals surface area (Å²) in [5.74, 6) is 1.69. The summed E-state index contributed by atoms with van der Waals surface area (Å²) in [7, 11) is 0. The molecule has 6 nitrogen and oxygen atoms in total. The van der Waals surface area contributed by atoms with Crippen molar-refractivity contribution >= 4 is 5.91 Å². The van der Waals surface area contributed by atoms with Crippen molar-refractivity contribution in [1.82, 2.24) is 9.80 Å². The molecular formula is C19H28N2O4. The van der Waals surface area contributed by atoms with Gasteiger partial charge in [0.25, 0.3) is 0 Å². The van der Waals surface area contributed by atoms with Crippen LogP contribution in [0.3, 0.4) is 0 Å². The highest BCUT2D eigenvalue weighted by Gasteiger charge is 2.29. The number of ether oxygens (including phenoxy) is 3. The fourth-order valence-electron chi connectivity index (χ4n) is 3.32. The normalized spacial score (nSPS) is 19.5. The Morgan fingerprint density at radius 1 is 1.20 bits per heavy atom. The van der Waals surface area contributed by atoms with Crippen LogP contribution in [0, 0.1) is 0 Å². The number of benzene rings is 1. The smallest absolute Gasteiger partial charge is 0.237 e. The van der Waals surface area contributed by atoms with Gasteiger partial charge in [0.1, 0.15) is 13.2 Å². The molecule has 0 aliphatic carbocycles. The molecule has 3 rings (SSSR count). The number of fused-ring (bicyclic) bond motifs is 1. The van der Waals surface area contributed by atoms with Gasteiger partial charge in [-0.25, -0.2) is 0 Å². The summed E-state index contributed by atoms with van der Waals surface area (Å²) >= 11 is 0. The molecule has 138 valence electrons. The fourth-order valence-corrected chi connectivity index (χ4v) is 3.32. The highest BCUT2D eigenvalue weighted by Crippen LogP contribution is 2.31. The molecular weight excluding hydrogens is 320 g/mol. The van der Waals surface area contributed by atoms with Crippen molar-refractivity contribution in [3.63, 3.8) is 0 Å². The third-order valence-corrected chi connectivity index (χ3v) is 4.58. The molecule has 25 heavy (non-hydrogen) atoms. The second-order valence-corrected chi connectivity index (χ2v) is 7.20. The number of morpholine rings is 1. The Hall–Kier alpha value is -1.79. The van der Waals surface area contributed by atoms with Gasteiger partial charge in [0, 0.05) is 26.2 Å². The standard InChI is InChI=1S/C19H28N2O4/c1-4-21(18(22)13-20-7-8-25-19(2,3)14-20)12-15-5-6-16-17(11-15)24-10-9-23-16/h5-6,11H,4,7-10,12-14H2,1-3H3. The van der Waals surface area contributed by atoms with Gasteiger partial charge < -0.3 is 19.1 Å². The first-order chi connectivity index (χ1) is 12.0. The van der Waals surface area contributed by atoms with Gasteiger partial charge in [-0.15, -0.1) is 0 Å². The van der Waals surface area contributed by atoms with E-state index in [4.69, 9.17) is 14.2 Å². The average Bonchev–Trinajstić information content (AvgIpc) is 2.58. The van der Waals surface area contributed by atoms with Gasteiger partial charge in [-0.3, -0.25) is 9.69 Å². The summed E-state index contributed by atoms with van der Waals surface area (Å²) in [6.45, 7) is 11.3. The Kier molecular flexibility index (Phi) is 5.49. The van der Waals surface area contributed by atoms with E-state index in [0.717, 1.165) is 30.2 Å². The molecule has 0 spiro atoms. The van der Waals surface area contributed by atoms with Gasteiger partial charge >= 0.3 is 0 Å². The predicted octanol–water partition coefficient (Wildman–Crippen LogP) is 1.92. The van der Waals surface area contributed by atoms with E-state index < -0.39 is 0 Å². The highest BCUT2D eigenvalue weighted by atomic mass is 16.6. The van der Waals surface area contributed by atoms with E-state index in [1.54, 1.807) is 0 Å². The molecule has 0 unspecified atom stereocenters. The van der Waals surface area contributed by atoms with E-state index >= 15 is 0 Å². The molecule has 6 heteroatoms. The molecule has 0 bridgehead atoms. The van der Waals surface area contributed by atoms with E-state index in [9.17, 15) is 4.79 Å². The molecule has 2 aliphatic rings. The molecule has 0 radical (unpaired) electrons. The predicted molar refractivity (Wildman–Crippen MR) is 95.0 cm³/mol. The van der Waals surface area contributed by atoms with Crippen LogP contribution in [0.15, 0.2) is 18.2 Å². The molecule has 1 aromatic carbocycles. The first-order valence-corrected chi connectivity index (χ1v) is 8.99. The largest absolute Gasteiger partial charge is 0.486 e. The molecule has 2 aliphatic heterocycles. The third-order valence-electron chi connectivity index (χ3n) is 4.58. The van der Waals surface area contributed by atoms with Crippen LogP contribution >= 0.6 is 0 Å². The summed E-state index contributed by atoms with van der Waals surface area (Å²) in [6.07, 6.45) is 0. The number of amides is 1. The van der Waals surface area contributed by atoms with Crippen LogP contribution in [-0.4, -0.2) is 67.3 Å². The Morgan fingerprint density at radius 3 is 2.68 bits per heavy atom. The van der Waals surface area contributed by atoms with Crippen LogP contribution in [-0.2, 0) is 16.1 Å². The minimum Gasteiger partial charge on any atom is -0.486 e. The van der Waals surface area contributed by atoms with Crippen LogP contribution in [0.2, 0.25) is 0 Å². The second kappa shape index (κ2) is 7.62. The average molecular weight is 348 g/mol. The first-order valence-electron chi connectivity index (χ1n) is 8.99. The van der Waals surface area contributed by atoms with Crippen molar-refractivity contribution in [3.8, 4) is 11.5 Å². The zero-order valence-electron chi connectivity index (χ0n) is 15.4. The number of carbonyl (C=O) groups is 1. The van der Waals surface area contributed by atoms with Crippen molar-refractivity contribution in [1.29, 1.82) is 0 Å². The Morgan fingerprint density at radius 2 is 1.96 bits per heavy atom. The summed E-state index contributed by atoms with van der Waals surface area (Å²) in [5, 5.41) is 0. The van der Waals surface area contributed by atoms with Crippen LogP contribution in [0.4, 0.5) is 0 Å². The minimum absolute atomic E-state index is 0.148. The quantitative estimate of drug-likeness (QED) is 0.814. The van der Waals surface area contributed by atoms with Crippen LogP contribution < -0.4 is 9.47 Å². The number of hydrogen-bond acceptors (Lipinski definition) is 5. The monoisotopic (exact) mass is 348 g/mol. The zero-order chi connectivity index (χ0) is 17.9. The molecule has 0 saturated carbocycles. The Balaban J connectivity index is 1.61. The lowest BCUT2D eigenvalue weighted by molar-refractivity contribution is -0.137. The van der Waals surface area contributed by atoms with Crippen molar-refractivity contribution in [2.75, 3.05) is 46.0 Å². The molecule has 1 amide bonds. The number of nitrogens with zero attached hydrogens (tertiary/aromatic N) is 2. The SMILES string of the molecule is CCN(Cc1ccc2c(c1)OCCO2)C(=O)CN1CCOC(C)(C)C1. The number of likely N-dealkylation sites (N-methyl/N-ethyl adjacent to an activating group) is 1. The first kappa shape index (κ1) is 18.0. The highest BCUT2D eigenvalue weighted by molar-refractivity contribution is 5.78. The van der Waals surface area contributed by atoms with Crippen molar-refractivity contribution < 1.29 is 19.0 Å². The van der Waals surface area contributed by atoms with Gasteiger partial charge in [0.15, 0.2) is 11.5 Å². The lowest BCUT2D eigenvalue weighted by Crippen LogP contribution is -2.51. The molecule has 0 aromatic heterocycles. The summed E-state index contributed by atoms with van der Waals surface area (Å²) < 4.78 is 16.9. The topological polar surface area (TPSA) is 51.2 Å². The fraction of sp³-hybridized carbons (Fsp3) is 0.632. The maximum atomic E-state index is 12.7. The maximum absolute atomic E-state index is 12.7. The van der Waals surface area contributed by atoms with Gasteiger partial charge in [0.2, 0.25) is 5.91 Å². The Labute approximate surface area is 149 Å². The second-order valence-electron chi connectivity index (χ2n) is 7.20. The van der Waals surface area contributed by atoms with Crippen molar-refractivity contribution in [2.45, 2.75) is 32.9 Å². The molecule has 1 saturated heterocycles. The van der Waals surface area contributed by atoms with E-state index in [-0.39, 0.29) is 11.5 Å². The number of carbonyl (C=O) groups excluding carboxylic acids is 1. The number of hydrogen-bond donors (Lipinski definition) is 0. The number of rotatable bonds is 5. The molecule has 1 fully saturated rings. The lowest BCUT2D eigenvalue weighted by atomic mass is 10.1. The summed E-state index contributed by atoms with van der Waals surface area (Å²) in [5.41, 5.74) is 0.868. The van der Waals surface area contributed by atoms with Gasteiger partial charge in [0.05, 0.1) is 18.8 Å². The van der Waals surface area contributed by atoms with E-state index in [1.165, 1.54) is 0 Å². The van der Waals surface area contributed by atoms with Crippen LogP contribution in [0.1, 0.15) is 26.3 Å². The molecule has 2 heterocycles. The van der Waals surface area contributed by atoms with Gasteiger partial charge in [-0.1, -0.05) is 6.07 Å². The van der Waals surface area contributed by atoms with Gasteiger partial charge in [-0.05, 0) is 38.5 Å². The maximum Gasteiger partial charge on any atom is 0.237 e. The van der Waals surface area contributed by atoms with E-state index in [0.29, 0.717) is 39.5 Å².